The molecule has 0 amide bonds. The van der Waals surface area contributed by atoms with E-state index in [9.17, 15) is 8.42 Å². The Balaban J connectivity index is 3.47. The van der Waals surface area contributed by atoms with E-state index in [0.29, 0.717) is 9.32 Å². The van der Waals surface area contributed by atoms with Gasteiger partial charge in [-0.3, -0.25) is 0 Å². The topological polar surface area (TPSA) is 43.4 Å². The van der Waals surface area contributed by atoms with Gasteiger partial charge in [0.1, 0.15) is 5.75 Å². The quantitative estimate of drug-likeness (QED) is 0.506. The highest BCUT2D eigenvalue weighted by molar-refractivity contribution is 14.1. The zero-order valence-corrected chi connectivity index (χ0v) is 12.8. The number of benzene rings is 1. The molecule has 0 saturated heterocycles. The Morgan fingerprint density at radius 3 is 2.29 bits per heavy atom. The SMILES string of the molecule is COc1ccc(S(=O)(=O)Cl)c(I)c1I. The molecule has 14 heavy (non-hydrogen) atoms. The third-order valence-electron chi connectivity index (χ3n) is 1.49. The molecule has 3 nitrogen and oxygen atoms in total. The van der Waals surface area contributed by atoms with Crippen molar-refractivity contribution in [2.45, 2.75) is 4.90 Å². The van der Waals surface area contributed by atoms with E-state index in [0.717, 1.165) is 3.57 Å². The van der Waals surface area contributed by atoms with E-state index in [1.54, 1.807) is 6.07 Å². The van der Waals surface area contributed by atoms with E-state index >= 15 is 0 Å². The van der Waals surface area contributed by atoms with E-state index in [4.69, 9.17) is 15.4 Å². The van der Waals surface area contributed by atoms with Gasteiger partial charge in [0.05, 0.1) is 19.1 Å². The number of rotatable bonds is 2. The molecule has 0 aliphatic heterocycles. The molecule has 0 fully saturated rings. The first kappa shape index (κ1) is 12.8. The molecule has 0 heterocycles. The van der Waals surface area contributed by atoms with Crippen LogP contribution in [0.1, 0.15) is 0 Å². The van der Waals surface area contributed by atoms with Gasteiger partial charge in [0.15, 0.2) is 0 Å². The predicted molar refractivity (Wildman–Crippen MR) is 71.5 cm³/mol. The van der Waals surface area contributed by atoms with Crippen LogP contribution in [0, 0.1) is 7.14 Å². The second-order valence-electron chi connectivity index (χ2n) is 2.33. The van der Waals surface area contributed by atoms with Crippen molar-refractivity contribution >= 4 is 64.9 Å². The Labute approximate surface area is 114 Å². The lowest BCUT2D eigenvalue weighted by molar-refractivity contribution is 0.411. The van der Waals surface area contributed by atoms with Crippen molar-refractivity contribution in [3.63, 3.8) is 0 Å². The van der Waals surface area contributed by atoms with Gasteiger partial charge in [0.25, 0.3) is 9.05 Å². The first-order valence-corrected chi connectivity index (χ1v) is 7.81. The predicted octanol–water partition coefficient (Wildman–Crippen LogP) is 2.83. The van der Waals surface area contributed by atoms with Gasteiger partial charge in [-0.05, 0) is 57.3 Å². The Kier molecular flexibility index (Phi) is 4.30. The molecule has 1 aromatic carbocycles. The van der Waals surface area contributed by atoms with Crippen LogP contribution in [-0.4, -0.2) is 15.5 Å². The van der Waals surface area contributed by atoms with Gasteiger partial charge in [-0.2, -0.15) is 0 Å². The van der Waals surface area contributed by atoms with Crippen molar-refractivity contribution in [2.24, 2.45) is 0 Å². The van der Waals surface area contributed by atoms with E-state index in [1.807, 2.05) is 45.2 Å². The molecule has 78 valence electrons. The lowest BCUT2D eigenvalue weighted by atomic mass is 10.3. The minimum absolute atomic E-state index is 0.116. The zero-order chi connectivity index (χ0) is 10.9. The Morgan fingerprint density at radius 2 is 1.86 bits per heavy atom. The molecule has 7 heteroatoms. The third kappa shape index (κ3) is 2.64. The van der Waals surface area contributed by atoms with Gasteiger partial charge in [0, 0.05) is 10.7 Å². The van der Waals surface area contributed by atoms with Crippen LogP contribution in [0.2, 0.25) is 0 Å². The normalized spacial score (nSPS) is 11.4. The van der Waals surface area contributed by atoms with E-state index < -0.39 is 9.05 Å². The van der Waals surface area contributed by atoms with Crippen LogP contribution in [0.15, 0.2) is 17.0 Å². The van der Waals surface area contributed by atoms with Gasteiger partial charge < -0.3 is 4.74 Å². The average Bonchev–Trinajstić information content (AvgIpc) is 2.07. The van der Waals surface area contributed by atoms with Crippen LogP contribution in [0.5, 0.6) is 5.75 Å². The first-order valence-electron chi connectivity index (χ1n) is 3.34. The van der Waals surface area contributed by atoms with Crippen LogP contribution in [-0.2, 0) is 9.05 Å². The molecule has 0 spiro atoms. The van der Waals surface area contributed by atoms with Crippen LogP contribution < -0.4 is 4.74 Å². The standard InChI is InChI=1S/C7H5ClI2O3S/c1-13-4-2-3-5(14(8,11)12)7(10)6(4)9/h2-3H,1H3. The average molecular weight is 458 g/mol. The van der Waals surface area contributed by atoms with Crippen LogP contribution >= 0.6 is 55.9 Å². The lowest BCUT2D eigenvalue weighted by Gasteiger charge is -2.07. The monoisotopic (exact) mass is 458 g/mol. The molecule has 0 aliphatic rings. The molecule has 0 aromatic heterocycles. The molecule has 0 atom stereocenters. The van der Waals surface area contributed by atoms with Gasteiger partial charge in [-0.15, -0.1) is 0 Å². The summed E-state index contributed by atoms with van der Waals surface area (Å²) in [6.07, 6.45) is 0. The van der Waals surface area contributed by atoms with E-state index in [-0.39, 0.29) is 4.90 Å². The molecule has 1 aromatic rings. The summed E-state index contributed by atoms with van der Waals surface area (Å²) >= 11 is 3.94. The van der Waals surface area contributed by atoms with Gasteiger partial charge >= 0.3 is 0 Å². The molecule has 0 aliphatic carbocycles. The fourth-order valence-electron chi connectivity index (χ4n) is 0.860. The summed E-state index contributed by atoms with van der Waals surface area (Å²) < 4.78 is 28.6. The maximum Gasteiger partial charge on any atom is 0.262 e. The summed E-state index contributed by atoms with van der Waals surface area (Å²) in [5.74, 6) is 0.638. The molecule has 0 unspecified atom stereocenters. The summed E-state index contributed by atoms with van der Waals surface area (Å²) in [5, 5.41) is 0. The van der Waals surface area contributed by atoms with Crippen molar-refractivity contribution in [3.05, 3.63) is 19.3 Å². The zero-order valence-electron chi connectivity index (χ0n) is 6.92. The molecule has 0 N–H and O–H groups in total. The van der Waals surface area contributed by atoms with E-state index in [2.05, 4.69) is 0 Å². The van der Waals surface area contributed by atoms with Crippen molar-refractivity contribution < 1.29 is 13.2 Å². The van der Waals surface area contributed by atoms with Crippen molar-refractivity contribution in [2.75, 3.05) is 7.11 Å². The van der Waals surface area contributed by atoms with Crippen molar-refractivity contribution in [3.8, 4) is 5.75 Å². The van der Waals surface area contributed by atoms with Crippen molar-refractivity contribution in [1.82, 2.24) is 0 Å². The summed E-state index contributed by atoms with van der Waals surface area (Å²) in [6, 6.07) is 3.02. The van der Waals surface area contributed by atoms with Gasteiger partial charge in [0.2, 0.25) is 0 Å². The summed E-state index contributed by atoms with van der Waals surface area (Å²) in [7, 11) is 3.11. The molecule has 0 saturated carbocycles. The summed E-state index contributed by atoms with van der Waals surface area (Å²) in [4.78, 5) is 0.116. The highest BCUT2D eigenvalue weighted by atomic mass is 127. The number of halogens is 3. The largest absolute Gasteiger partial charge is 0.496 e. The minimum atomic E-state index is -3.68. The number of ether oxygens (including phenoxy) is 1. The second kappa shape index (κ2) is 4.71. The first-order chi connectivity index (χ1) is 6.38. The number of methoxy groups -OCH3 is 1. The lowest BCUT2D eigenvalue weighted by Crippen LogP contribution is -1.98. The number of hydrogen-bond acceptors (Lipinski definition) is 3. The maximum absolute atomic E-state index is 11.1. The number of hydrogen-bond donors (Lipinski definition) is 0. The van der Waals surface area contributed by atoms with Crippen LogP contribution in [0.25, 0.3) is 0 Å². The van der Waals surface area contributed by atoms with Crippen LogP contribution in [0.3, 0.4) is 0 Å². The molecule has 0 bridgehead atoms. The Hall–Kier alpha value is 0.720. The molecular weight excluding hydrogens is 453 g/mol. The van der Waals surface area contributed by atoms with Gasteiger partial charge in [-0.25, -0.2) is 8.42 Å². The highest BCUT2D eigenvalue weighted by Crippen LogP contribution is 2.32. The fraction of sp³-hybridized carbons (Fsp3) is 0.143. The third-order valence-corrected chi connectivity index (χ3v) is 6.45. The molecule has 0 radical (unpaired) electrons. The summed E-state index contributed by atoms with van der Waals surface area (Å²) in [5.41, 5.74) is 0. The smallest absolute Gasteiger partial charge is 0.262 e. The molecular formula is C7H5ClI2O3S. The minimum Gasteiger partial charge on any atom is -0.496 e. The van der Waals surface area contributed by atoms with Crippen molar-refractivity contribution in [1.29, 1.82) is 0 Å². The Bertz CT molecular complexity index is 458. The highest BCUT2D eigenvalue weighted by Gasteiger charge is 2.18. The fourth-order valence-corrected chi connectivity index (χ4v) is 4.37. The summed E-state index contributed by atoms with van der Waals surface area (Å²) in [6.45, 7) is 0. The molecule has 1 rings (SSSR count). The second-order valence-corrected chi connectivity index (χ2v) is 7.02. The van der Waals surface area contributed by atoms with E-state index in [1.165, 1.54) is 13.2 Å². The van der Waals surface area contributed by atoms with Gasteiger partial charge in [-0.1, -0.05) is 0 Å². The maximum atomic E-state index is 11.1. The Morgan fingerprint density at radius 1 is 1.29 bits per heavy atom. The van der Waals surface area contributed by atoms with Crippen LogP contribution in [0.4, 0.5) is 0 Å².